The first-order valence-electron chi connectivity index (χ1n) is 12.2. The number of carbonyl (C=O) groups is 1. The van der Waals surface area contributed by atoms with Gasteiger partial charge >= 0.3 is 6.09 Å². The van der Waals surface area contributed by atoms with Crippen LogP contribution in [-0.4, -0.2) is 37.9 Å². The largest absolute Gasteiger partial charge is 0.444 e. The number of hydrogen-bond acceptors (Lipinski definition) is 4. The highest BCUT2D eigenvalue weighted by atomic mass is 32.2. The number of piperidine rings is 1. The van der Waals surface area contributed by atoms with E-state index in [0.717, 1.165) is 27.9 Å². The first kappa shape index (κ1) is 24.9. The van der Waals surface area contributed by atoms with Gasteiger partial charge in [-0.25, -0.2) is 13.2 Å². The van der Waals surface area contributed by atoms with Crippen LogP contribution in [0.4, 0.5) is 10.5 Å². The lowest BCUT2D eigenvalue weighted by molar-refractivity contribution is 0.135. The lowest BCUT2D eigenvalue weighted by atomic mass is 10.00. The second kappa shape index (κ2) is 10.6. The maximum absolute atomic E-state index is 13.3. The van der Waals surface area contributed by atoms with Crippen LogP contribution < -0.4 is 4.90 Å². The van der Waals surface area contributed by atoms with Gasteiger partial charge in [0.1, 0.15) is 6.61 Å². The Hall–Kier alpha value is -3.16. The molecule has 2 heterocycles. The summed E-state index contributed by atoms with van der Waals surface area (Å²) in [7, 11) is -3.60. The Bertz CT molecular complexity index is 1270. The summed E-state index contributed by atoms with van der Waals surface area (Å²) in [5.41, 5.74) is 4.95. The van der Waals surface area contributed by atoms with Gasteiger partial charge in [-0.2, -0.15) is 4.31 Å². The second-order valence-corrected chi connectivity index (χ2v) is 10.5. The summed E-state index contributed by atoms with van der Waals surface area (Å²) in [6, 6.07) is 22.7. The number of carbonyl (C=O) groups excluding carboxylic acids is 1. The Labute approximate surface area is 208 Å². The lowest BCUT2D eigenvalue weighted by Gasteiger charge is -2.40. The molecular weight excluding hydrogens is 460 g/mol. The monoisotopic (exact) mass is 492 g/mol. The van der Waals surface area contributed by atoms with E-state index in [1.807, 2.05) is 81.4 Å². The highest BCUT2D eigenvalue weighted by Gasteiger charge is 2.37. The predicted molar refractivity (Wildman–Crippen MR) is 139 cm³/mol. The summed E-state index contributed by atoms with van der Waals surface area (Å²) >= 11 is 0. The molecule has 1 fully saturated rings. The van der Waals surface area contributed by atoms with Gasteiger partial charge in [-0.15, -0.1) is 0 Å². The zero-order valence-electron chi connectivity index (χ0n) is 20.5. The van der Waals surface area contributed by atoms with Gasteiger partial charge in [0.2, 0.25) is 10.0 Å². The molecule has 1 saturated heterocycles. The number of rotatable bonds is 4. The Morgan fingerprint density at radius 1 is 0.829 bits per heavy atom. The van der Waals surface area contributed by atoms with Gasteiger partial charge in [-0.1, -0.05) is 74.5 Å². The summed E-state index contributed by atoms with van der Waals surface area (Å²) in [6.07, 6.45) is 0.767. The topological polar surface area (TPSA) is 66.9 Å². The smallest absolute Gasteiger partial charge is 0.414 e. The third kappa shape index (κ3) is 4.97. The highest BCUT2D eigenvalue weighted by molar-refractivity contribution is 7.89. The third-order valence-electron chi connectivity index (χ3n) is 6.50. The van der Waals surface area contributed by atoms with Crippen molar-refractivity contribution >= 4 is 21.8 Å². The van der Waals surface area contributed by atoms with Crippen molar-refractivity contribution in [3.63, 3.8) is 0 Å². The lowest BCUT2D eigenvalue weighted by Crippen LogP contribution is -2.50. The van der Waals surface area contributed by atoms with Crippen LogP contribution in [0.1, 0.15) is 37.8 Å². The van der Waals surface area contributed by atoms with Gasteiger partial charge in [0, 0.05) is 24.7 Å². The third-order valence-corrected chi connectivity index (χ3v) is 8.41. The van der Waals surface area contributed by atoms with E-state index < -0.39 is 10.0 Å². The Morgan fingerprint density at radius 3 is 2.11 bits per heavy atom. The van der Waals surface area contributed by atoms with Crippen molar-refractivity contribution in [3.05, 3.63) is 83.9 Å². The normalized spacial score (nSPS) is 16.7. The van der Waals surface area contributed by atoms with E-state index in [1.165, 1.54) is 4.31 Å². The van der Waals surface area contributed by atoms with Crippen LogP contribution in [0.15, 0.2) is 77.7 Å². The summed E-state index contributed by atoms with van der Waals surface area (Å²) in [4.78, 5) is 14.6. The number of cyclic esters (lactones) is 1. The van der Waals surface area contributed by atoms with E-state index in [9.17, 15) is 13.2 Å². The molecule has 0 unspecified atom stereocenters. The number of ether oxygens (including phenoxy) is 1. The predicted octanol–water partition coefficient (Wildman–Crippen LogP) is 6.00. The van der Waals surface area contributed by atoms with E-state index in [1.54, 1.807) is 17.0 Å². The number of amides is 1. The van der Waals surface area contributed by atoms with Crippen LogP contribution >= 0.6 is 0 Å². The molecule has 1 amide bonds. The minimum Gasteiger partial charge on any atom is -0.444 e. The average molecular weight is 493 g/mol. The molecule has 7 heteroatoms. The first-order valence-corrected chi connectivity index (χ1v) is 13.6. The number of anilines is 1. The second-order valence-electron chi connectivity index (χ2n) is 8.53. The highest BCUT2D eigenvalue weighted by Crippen LogP contribution is 2.35. The van der Waals surface area contributed by atoms with Crippen molar-refractivity contribution in [2.24, 2.45) is 0 Å². The minimum atomic E-state index is -3.60. The number of para-hydroxylation sites is 1. The Kier molecular flexibility index (Phi) is 7.57. The molecule has 0 spiro atoms. The van der Waals surface area contributed by atoms with Gasteiger partial charge in [0.15, 0.2) is 0 Å². The molecule has 0 N–H and O–H groups in total. The fraction of sp³-hybridized carbons (Fsp3) is 0.321. The van der Waals surface area contributed by atoms with Crippen LogP contribution in [0.25, 0.3) is 11.1 Å². The van der Waals surface area contributed by atoms with E-state index in [-0.39, 0.29) is 18.7 Å². The molecule has 0 aliphatic carbocycles. The molecule has 6 nitrogen and oxygen atoms in total. The van der Waals surface area contributed by atoms with Crippen molar-refractivity contribution in [1.82, 2.24) is 4.31 Å². The maximum Gasteiger partial charge on any atom is 0.414 e. The molecule has 2 aliphatic heterocycles. The van der Waals surface area contributed by atoms with E-state index >= 15 is 0 Å². The van der Waals surface area contributed by atoms with Gasteiger partial charge in [-0.05, 0) is 48.6 Å². The van der Waals surface area contributed by atoms with Gasteiger partial charge in [-0.3, -0.25) is 4.90 Å². The van der Waals surface area contributed by atoms with Gasteiger partial charge in [0.25, 0.3) is 0 Å². The molecule has 0 bridgehead atoms. The number of nitrogens with zero attached hydrogens (tertiary/aromatic N) is 2. The maximum atomic E-state index is 13.3. The number of fused-ring (bicyclic) bond motifs is 1. The SMILES string of the molecule is CC.Cc1cccc2c1N(C1CCN(S(=O)(=O)c3ccc(-c4ccccc4)cc3)CC1)C(=O)OC2. The molecule has 5 rings (SSSR count). The van der Waals surface area contributed by atoms with Crippen molar-refractivity contribution in [2.45, 2.75) is 51.2 Å². The fourth-order valence-corrected chi connectivity index (χ4v) is 6.22. The molecule has 0 aromatic heterocycles. The first-order chi connectivity index (χ1) is 16.9. The molecule has 35 heavy (non-hydrogen) atoms. The van der Waals surface area contributed by atoms with Crippen molar-refractivity contribution in [2.75, 3.05) is 18.0 Å². The molecular formula is C28H32N2O4S. The van der Waals surface area contributed by atoms with E-state index in [4.69, 9.17) is 4.74 Å². The summed E-state index contributed by atoms with van der Waals surface area (Å²) in [5.74, 6) is 0. The van der Waals surface area contributed by atoms with Crippen molar-refractivity contribution < 1.29 is 17.9 Å². The van der Waals surface area contributed by atoms with E-state index in [2.05, 4.69) is 0 Å². The van der Waals surface area contributed by atoms with E-state index in [0.29, 0.717) is 30.8 Å². The Balaban J connectivity index is 0.00000141. The van der Waals surface area contributed by atoms with Gasteiger partial charge < -0.3 is 4.74 Å². The van der Waals surface area contributed by atoms with Crippen LogP contribution in [0.3, 0.4) is 0 Å². The number of aryl methyl sites for hydroxylation is 1. The molecule has 184 valence electrons. The number of sulfonamides is 1. The molecule has 2 aliphatic rings. The molecule has 3 aromatic carbocycles. The summed E-state index contributed by atoms with van der Waals surface area (Å²) in [6.45, 7) is 6.98. The Morgan fingerprint density at radius 2 is 1.46 bits per heavy atom. The average Bonchev–Trinajstić information content (AvgIpc) is 2.91. The van der Waals surface area contributed by atoms with Crippen LogP contribution in [0.5, 0.6) is 0 Å². The van der Waals surface area contributed by atoms with Crippen LogP contribution in [0, 0.1) is 6.92 Å². The van der Waals surface area contributed by atoms with Crippen molar-refractivity contribution in [1.29, 1.82) is 0 Å². The minimum absolute atomic E-state index is 0.0930. The zero-order chi connectivity index (χ0) is 25.0. The van der Waals surface area contributed by atoms with Crippen LogP contribution in [0.2, 0.25) is 0 Å². The molecule has 0 atom stereocenters. The zero-order valence-corrected chi connectivity index (χ0v) is 21.3. The summed E-state index contributed by atoms with van der Waals surface area (Å²) < 4.78 is 33.4. The quantitative estimate of drug-likeness (QED) is 0.448. The molecule has 0 saturated carbocycles. The number of hydrogen-bond donors (Lipinski definition) is 0. The summed E-state index contributed by atoms with van der Waals surface area (Å²) in [5, 5.41) is 0. The molecule has 0 radical (unpaired) electrons. The fourth-order valence-electron chi connectivity index (χ4n) is 4.75. The van der Waals surface area contributed by atoms with Gasteiger partial charge in [0.05, 0.1) is 10.6 Å². The molecule has 3 aromatic rings. The standard InChI is InChI=1S/C26H26N2O4S.C2H6/c1-19-6-5-9-22-18-32-26(29)28(25(19)22)23-14-16-27(17-15-23)33(30,31)24-12-10-21(11-13-24)20-7-3-2-4-8-20;1-2/h2-13,23H,14-18H2,1H3;1-2H3. The number of benzene rings is 3. The van der Waals surface area contributed by atoms with Crippen molar-refractivity contribution in [3.8, 4) is 11.1 Å². The van der Waals surface area contributed by atoms with Crippen LogP contribution in [-0.2, 0) is 21.4 Å².